The Labute approximate surface area is 426 Å². The SMILES string of the molecule is CC(C)(C)c1cc(-c2cccc(-c3ccccc3)c2N2[CH-]N(c3[c-]c(Oc4[c-]c5c(cc4)[Si](C)(C)c4ccccc4N5c4cc(C(C)(C)C)ccn4)ccc3)c3ccccc32)cc(C(C)(C)C)c1.[Pt]. The molecule has 0 saturated carbocycles. The summed E-state index contributed by atoms with van der Waals surface area (Å²) in [6, 6.07) is 64.4. The van der Waals surface area contributed by atoms with E-state index >= 15 is 0 Å². The van der Waals surface area contributed by atoms with E-state index in [1.807, 2.05) is 12.3 Å². The first-order valence-corrected chi connectivity index (χ1v) is 26.9. The van der Waals surface area contributed by atoms with E-state index in [2.05, 4.69) is 261 Å². The Morgan fingerprint density at radius 1 is 0.507 bits per heavy atom. The van der Waals surface area contributed by atoms with E-state index in [0.29, 0.717) is 11.5 Å². The average Bonchev–Trinajstić information content (AvgIpc) is 3.70. The molecule has 0 N–H and O–H groups in total. The Hall–Kier alpha value is -6.20. The molecule has 8 aromatic rings. The average molecular weight is 1100 g/mol. The van der Waals surface area contributed by atoms with Gasteiger partial charge in [0.1, 0.15) is 5.82 Å². The fraction of sp³-hybridized carbons (Fsp3) is 0.226. The van der Waals surface area contributed by atoms with E-state index in [9.17, 15) is 0 Å². The molecule has 0 aliphatic carbocycles. The minimum absolute atomic E-state index is 0. The van der Waals surface area contributed by atoms with Gasteiger partial charge >= 0.3 is 0 Å². The van der Waals surface area contributed by atoms with Crippen LogP contribution in [0.3, 0.4) is 0 Å². The van der Waals surface area contributed by atoms with Gasteiger partial charge in [0.05, 0.1) is 8.07 Å². The van der Waals surface area contributed by atoms with Crippen molar-refractivity contribution in [3.8, 4) is 33.8 Å². The van der Waals surface area contributed by atoms with Crippen LogP contribution in [0.1, 0.15) is 79.0 Å². The van der Waals surface area contributed by atoms with Crippen LogP contribution in [0, 0.1) is 18.8 Å². The number of fused-ring (bicyclic) bond motifs is 3. The van der Waals surface area contributed by atoms with Crippen molar-refractivity contribution in [3.63, 3.8) is 0 Å². The summed E-state index contributed by atoms with van der Waals surface area (Å²) in [5.74, 6) is 2.10. The van der Waals surface area contributed by atoms with Crippen molar-refractivity contribution < 1.29 is 25.8 Å². The van der Waals surface area contributed by atoms with Gasteiger partial charge in [-0.1, -0.05) is 178 Å². The van der Waals surface area contributed by atoms with Crippen molar-refractivity contribution in [1.82, 2.24) is 4.98 Å². The zero-order valence-electron chi connectivity index (χ0n) is 41.7. The number of anilines is 7. The smallest absolute Gasteiger partial charge is 0.135 e. The van der Waals surface area contributed by atoms with Gasteiger partial charge in [0.15, 0.2) is 0 Å². The van der Waals surface area contributed by atoms with Gasteiger partial charge in [0.2, 0.25) is 0 Å². The summed E-state index contributed by atoms with van der Waals surface area (Å²) >= 11 is 0. The summed E-state index contributed by atoms with van der Waals surface area (Å²) in [5, 5.41) is 2.67. The molecule has 7 aromatic carbocycles. The van der Waals surface area contributed by atoms with E-state index in [1.54, 1.807) is 0 Å². The van der Waals surface area contributed by atoms with Crippen LogP contribution in [0.2, 0.25) is 13.1 Å². The maximum atomic E-state index is 6.80. The Kier molecular flexibility index (Phi) is 12.4. The van der Waals surface area contributed by atoms with Gasteiger partial charge < -0.3 is 19.4 Å². The minimum Gasteiger partial charge on any atom is -0.509 e. The van der Waals surface area contributed by atoms with Crippen LogP contribution in [0.15, 0.2) is 164 Å². The van der Waals surface area contributed by atoms with Crippen molar-refractivity contribution in [2.45, 2.75) is 91.7 Å². The van der Waals surface area contributed by atoms with Gasteiger partial charge in [-0.3, -0.25) is 0 Å². The number of ether oxygens (including phenoxy) is 1. The summed E-state index contributed by atoms with van der Waals surface area (Å²) in [5.41, 5.74) is 14.7. The summed E-state index contributed by atoms with van der Waals surface area (Å²) in [6.07, 6.45) is 1.93. The fourth-order valence-corrected chi connectivity index (χ4v) is 12.6. The molecule has 1 aromatic heterocycles. The second-order valence-corrected chi connectivity index (χ2v) is 26.3. The Morgan fingerprint density at radius 3 is 1.75 bits per heavy atom. The maximum Gasteiger partial charge on any atom is 0.135 e. The second-order valence-electron chi connectivity index (χ2n) is 21.9. The van der Waals surface area contributed by atoms with Crippen LogP contribution in [0.5, 0.6) is 11.5 Å². The standard InChI is InChI=1S/C62H61N4OSi.Pt/c1-60(2,3)44-33-34-63-58(38-44)66-54-29-17-18-30-56(54)68(10,11)57-32-31-49(40-55(57)66)67-48-24-19-23-47(39-48)64-41-65(53-28-16-15-27-52(53)64)59-50(42-21-13-12-14-22-42)25-20-26-51(59)43-35-45(61(4,5)6)37-46(36-43)62(7,8)9;/h12-38,41H,1-11H3;/q-3;. The van der Waals surface area contributed by atoms with Gasteiger partial charge in [-0.25, -0.2) is 4.98 Å². The predicted molar refractivity (Wildman–Crippen MR) is 288 cm³/mol. The molecule has 352 valence electrons. The topological polar surface area (TPSA) is 31.8 Å². The molecule has 2 aliphatic rings. The molecular weight excluding hydrogens is 1040 g/mol. The van der Waals surface area contributed by atoms with Crippen molar-refractivity contribution in [2.24, 2.45) is 0 Å². The third-order valence-corrected chi connectivity index (χ3v) is 17.2. The van der Waals surface area contributed by atoms with Crippen molar-refractivity contribution >= 4 is 58.4 Å². The molecule has 2 aliphatic heterocycles. The molecule has 69 heavy (non-hydrogen) atoms. The Bertz CT molecular complexity index is 3160. The van der Waals surface area contributed by atoms with Crippen LogP contribution >= 0.6 is 0 Å². The van der Waals surface area contributed by atoms with Gasteiger partial charge in [-0.2, -0.15) is 12.1 Å². The third-order valence-electron chi connectivity index (χ3n) is 13.7. The van der Waals surface area contributed by atoms with E-state index < -0.39 is 8.07 Å². The van der Waals surface area contributed by atoms with Gasteiger partial charge in [0, 0.05) is 72.6 Å². The minimum atomic E-state index is -2.12. The normalized spacial score (nSPS) is 14.2. The molecule has 0 amide bonds. The number of aromatic nitrogens is 1. The first-order valence-electron chi connectivity index (χ1n) is 23.9. The molecule has 0 radical (unpaired) electrons. The number of para-hydroxylation sites is 4. The third kappa shape index (κ3) is 8.99. The number of hydrogen-bond acceptors (Lipinski definition) is 5. The molecule has 5 nitrogen and oxygen atoms in total. The molecule has 10 rings (SSSR count). The van der Waals surface area contributed by atoms with Gasteiger partial charge in [-0.05, 0) is 79.6 Å². The monoisotopic (exact) mass is 1100 g/mol. The Morgan fingerprint density at radius 2 is 1.09 bits per heavy atom. The van der Waals surface area contributed by atoms with E-state index in [0.717, 1.165) is 51.1 Å². The molecule has 0 saturated heterocycles. The van der Waals surface area contributed by atoms with Crippen molar-refractivity contribution in [1.29, 1.82) is 0 Å². The number of rotatable bonds is 7. The fourth-order valence-electron chi connectivity index (χ4n) is 9.68. The van der Waals surface area contributed by atoms with E-state index in [1.165, 1.54) is 38.2 Å². The molecular formula is C62H61N4OPtSi-3. The summed E-state index contributed by atoms with van der Waals surface area (Å²) in [4.78, 5) is 11.9. The van der Waals surface area contributed by atoms with Crippen molar-refractivity contribution in [2.75, 3.05) is 14.7 Å². The number of hydrogen-bond donors (Lipinski definition) is 0. The molecule has 0 unspecified atom stereocenters. The quantitative estimate of drug-likeness (QED) is 0.117. The first-order chi connectivity index (χ1) is 32.4. The van der Waals surface area contributed by atoms with Gasteiger partial charge in [-0.15, -0.1) is 47.9 Å². The molecule has 0 fully saturated rings. The molecule has 3 heterocycles. The summed E-state index contributed by atoms with van der Waals surface area (Å²) in [7, 11) is -2.12. The Balaban J connectivity index is 0.00000593. The second kappa shape index (κ2) is 18.0. The van der Waals surface area contributed by atoms with E-state index in [4.69, 9.17) is 9.72 Å². The largest absolute Gasteiger partial charge is 0.509 e. The first kappa shape index (κ1) is 47.8. The van der Waals surface area contributed by atoms with Crippen LogP contribution in [-0.2, 0) is 37.3 Å². The number of nitrogens with zero attached hydrogens (tertiary/aromatic N) is 4. The molecule has 0 bridgehead atoms. The molecule has 0 atom stereocenters. The van der Waals surface area contributed by atoms with Crippen LogP contribution in [-0.4, -0.2) is 13.1 Å². The van der Waals surface area contributed by atoms with Crippen LogP contribution in [0.25, 0.3) is 22.3 Å². The van der Waals surface area contributed by atoms with Crippen molar-refractivity contribution in [3.05, 3.63) is 199 Å². The summed E-state index contributed by atoms with van der Waals surface area (Å²) in [6.45, 7) is 27.6. The predicted octanol–water partition coefficient (Wildman–Crippen LogP) is 15.7. The van der Waals surface area contributed by atoms with Crippen LogP contribution in [0.4, 0.5) is 39.9 Å². The van der Waals surface area contributed by atoms with Gasteiger partial charge in [0.25, 0.3) is 0 Å². The zero-order valence-corrected chi connectivity index (χ0v) is 45.0. The number of benzene rings is 7. The zero-order chi connectivity index (χ0) is 47.8. The van der Waals surface area contributed by atoms with Crippen LogP contribution < -0.4 is 29.8 Å². The molecule has 7 heteroatoms. The molecule has 0 spiro atoms. The number of pyridine rings is 1. The summed E-state index contributed by atoms with van der Waals surface area (Å²) < 4.78 is 6.80. The van der Waals surface area contributed by atoms with E-state index in [-0.39, 0.29) is 37.3 Å². The maximum absolute atomic E-state index is 6.80.